The lowest BCUT2D eigenvalue weighted by Gasteiger charge is -2.25. The molecule has 2 aliphatic rings. The van der Waals surface area contributed by atoms with Gasteiger partial charge in [-0.3, -0.25) is 9.78 Å². The second kappa shape index (κ2) is 6.56. The van der Waals surface area contributed by atoms with Gasteiger partial charge in [0.2, 0.25) is 0 Å². The van der Waals surface area contributed by atoms with Crippen LogP contribution in [0.2, 0.25) is 0 Å². The second-order valence-electron chi connectivity index (χ2n) is 5.64. The van der Waals surface area contributed by atoms with Gasteiger partial charge >= 0.3 is 0 Å². The Hall–Kier alpha value is -3.48. The second-order valence-corrected chi connectivity index (χ2v) is 5.64. The Balaban J connectivity index is 1.56. The van der Waals surface area contributed by atoms with E-state index in [-0.39, 0.29) is 12.1 Å². The van der Waals surface area contributed by atoms with Crippen LogP contribution in [0.1, 0.15) is 5.56 Å². The summed E-state index contributed by atoms with van der Waals surface area (Å²) in [5.41, 5.74) is 2.51. The first kappa shape index (κ1) is 15.1. The van der Waals surface area contributed by atoms with Crippen LogP contribution in [0.3, 0.4) is 0 Å². The van der Waals surface area contributed by atoms with Crippen LogP contribution in [0.25, 0.3) is 0 Å². The molecule has 0 aliphatic carbocycles. The number of anilines is 1. The maximum absolute atomic E-state index is 12.7. The van der Waals surface area contributed by atoms with Gasteiger partial charge in [0.25, 0.3) is 5.91 Å². The number of allylic oxidation sites excluding steroid dienone is 3. The Morgan fingerprint density at radius 3 is 2.80 bits per heavy atom. The number of amides is 1. The first-order valence-electron chi connectivity index (χ1n) is 7.91. The molecule has 0 saturated carbocycles. The van der Waals surface area contributed by atoms with Gasteiger partial charge in [-0.25, -0.2) is 9.97 Å². The van der Waals surface area contributed by atoms with E-state index in [1.807, 2.05) is 36.6 Å². The fourth-order valence-corrected chi connectivity index (χ4v) is 2.87. The molecule has 0 radical (unpaired) electrons. The Bertz CT molecular complexity index is 860. The van der Waals surface area contributed by atoms with E-state index in [2.05, 4.69) is 30.5 Å². The fraction of sp³-hybridized carbons (Fsp3) is 0.111. The molecule has 1 amide bonds. The molecular weight excluding hydrogens is 316 g/mol. The van der Waals surface area contributed by atoms with Crippen molar-refractivity contribution in [3.8, 4) is 0 Å². The van der Waals surface area contributed by atoms with Crippen molar-refractivity contribution >= 4 is 11.7 Å². The number of carbonyl (C=O) groups is 1. The van der Waals surface area contributed by atoms with Gasteiger partial charge < -0.3 is 15.5 Å². The van der Waals surface area contributed by atoms with Crippen molar-refractivity contribution in [3.05, 3.63) is 84.5 Å². The Labute approximate surface area is 144 Å². The van der Waals surface area contributed by atoms with E-state index in [9.17, 15) is 4.79 Å². The lowest BCUT2D eigenvalue weighted by molar-refractivity contribution is -0.113. The minimum absolute atomic E-state index is 0.0373. The quantitative estimate of drug-likeness (QED) is 0.884. The van der Waals surface area contributed by atoms with Crippen molar-refractivity contribution in [2.24, 2.45) is 0 Å². The minimum Gasteiger partial charge on any atom is -0.358 e. The summed E-state index contributed by atoms with van der Waals surface area (Å²) in [7, 11) is 0. The first-order chi connectivity index (χ1) is 12.3. The van der Waals surface area contributed by atoms with Crippen molar-refractivity contribution in [3.63, 3.8) is 0 Å². The molecule has 2 aromatic heterocycles. The van der Waals surface area contributed by atoms with Crippen LogP contribution in [-0.2, 0) is 11.2 Å². The molecule has 4 rings (SSSR count). The zero-order valence-electron chi connectivity index (χ0n) is 13.3. The van der Waals surface area contributed by atoms with E-state index in [1.54, 1.807) is 24.7 Å². The van der Waals surface area contributed by atoms with Crippen LogP contribution in [-0.4, -0.2) is 31.9 Å². The van der Waals surface area contributed by atoms with Crippen molar-refractivity contribution in [2.75, 3.05) is 5.32 Å². The minimum atomic E-state index is -0.226. The van der Waals surface area contributed by atoms with E-state index < -0.39 is 0 Å². The van der Waals surface area contributed by atoms with E-state index in [0.29, 0.717) is 11.5 Å². The summed E-state index contributed by atoms with van der Waals surface area (Å²) in [6, 6.07) is 5.61. The number of pyridine rings is 1. The zero-order valence-corrected chi connectivity index (χ0v) is 13.3. The standard InChI is InChI=1S/C18H16N6O/c25-18(22-15-6-9-20-12-21-15)17-14-3-1-2-10-24(14)16(23-17)11-13-4-7-19-8-5-13/h1-10,12,16,23H,11H2,(H,20,21,22,25). The molecule has 0 spiro atoms. The summed E-state index contributed by atoms with van der Waals surface area (Å²) in [5, 5.41) is 6.12. The SMILES string of the molecule is O=C(Nc1ccncn1)C1=C2C=CC=CN2C(Cc2ccncc2)N1. The molecule has 0 aromatic carbocycles. The average Bonchev–Trinajstić information content (AvgIpc) is 3.02. The lowest BCUT2D eigenvalue weighted by atomic mass is 10.1. The van der Waals surface area contributed by atoms with Gasteiger partial charge in [-0.15, -0.1) is 0 Å². The van der Waals surface area contributed by atoms with Gasteiger partial charge in [0.05, 0.1) is 5.70 Å². The maximum atomic E-state index is 12.7. The van der Waals surface area contributed by atoms with Gasteiger partial charge in [-0.2, -0.15) is 0 Å². The molecule has 7 nitrogen and oxygen atoms in total. The third-order valence-corrected chi connectivity index (χ3v) is 4.02. The fourth-order valence-electron chi connectivity index (χ4n) is 2.87. The van der Waals surface area contributed by atoms with Gasteiger partial charge in [0.15, 0.2) is 0 Å². The smallest absolute Gasteiger partial charge is 0.275 e. The molecule has 0 fully saturated rings. The molecule has 4 heterocycles. The highest BCUT2D eigenvalue weighted by Gasteiger charge is 2.33. The monoisotopic (exact) mass is 332 g/mol. The number of fused-ring (bicyclic) bond motifs is 1. The van der Waals surface area contributed by atoms with E-state index >= 15 is 0 Å². The van der Waals surface area contributed by atoms with Gasteiger partial charge in [0.1, 0.15) is 24.0 Å². The Morgan fingerprint density at radius 2 is 2.00 bits per heavy atom. The molecular formula is C18H16N6O. The van der Waals surface area contributed by atoms with Crippen molar-refractivity contribution < 1.29 is 4.79 Å². The largest absolute Gasteiger partial charge is 0.358 e. The number of aromatic nitrogens is 3. The number of nitrogens with zero attached hydrogens (tertiary/aromatic N) is 4. The molecule has 2 N–H and O–H groups in total. The molecule has 0 bridgehead atoms. The molecule has 2 aliphatic heterocycles. The molecule has 0 saturated heterocycles. The zero-order chi connectivity index (χ0) is 17.1. The summed E-state index contributed by atoms with van der Waals surface area (Å²) in [6.45, 7) is 0. The third-order valence-electron chi connectivity index (χ3n) is 4.02. The molecule has 25 heavy (non-hydrogen) atoms. The molecule has 124 valence electrons. The number of hydrogen-bond donors (Lipinski definition) is 2. The van der Waals surface area contributed by atoms with Crippen LogP contribution in [0, 0.1) is 0 Å². The number of carbonyl (C=O) groups excluding carboxylic acids is 1. The Kier molecular flexibility index (Phi) is 3.96. The summed E-state index contributed by atoms with van der Waals surface area (Å²) >= 11 is 0. The summed E-state index contributed by atoms with van der Waals surface area (Å²) in [4.78, 5) is 26.7. The van der Waals surface area contributed by atoms with Gasteiger partial charge in [-0.1, -0.05) is 6.08 Å². The van der Waals surface area contributed by atoms with Crippen LogP contribution < -0.4 is 10.6 Å². The Morgan fingerprint density at radius 1 is 1.16 bits per heavy atom. The van der Waals surface area contributed by atoms with E-state index in [4.69, 9.17) is 0 Å². The molecule has 1 unspecified atom stereocenters. The predicted molar refractivity (Wildman–Crippen MR) is 92.7 cm³/mol. The predicted octanol–water partition coefficient (Wildman–Crippen LogP) is 1.58. The van der Waals surface area contributed by atoms with Crippen LogP contribution in [0.15, 0.2) is 78.9 Å². The first-order valence-corrected chi connectivity index (χ1v) is 7.91. The van der Waals surface area contributed by atoms with E-state index in [0.717, 1.165) is 17.7 Å². The third kappa shape index (κ3) is 3.12. The highest BCUT2D eigenvalue weighted by Crippen LogP contribution is 2.27. The highest BCUT2D eigenvalue weighted by molar-refractivity contribution is 6.04. The topological polar surface area (TPSA) is 83.0 Å². The van der Waals surface area contributed by atoms with Crippen molar-refractivity contribution in [1.29, 1.82) is 0 Å². The van der Waals surface area contributed by atoms with Gasteiger partial charge in [-0.05, 0) is 35.9 Å². The normalized spacial score (nSPS) is 18.1. The van der Waals surface area contributed by atoms with Crippen LogP contribution >= 0.6 is 0 Å². The maximum Gasteiger partial charge on any atom is 0.275 e. The number of nitrogens with one attached hydrogen (secondary N) is 2. The lowest BCUT2D eigenvalue weighted by Crippen LogP contribution is -2.37. The number of hydrogen-bond acceptors (Lipinski definition) is 6. The van der Waals surface area contributed by atoms with Gasteiger partial charge in [0, 0.05) is 31.2 Å². The van der Waals surface area contributed by atoms with Crippen LogP contribution in [0.4, 0.5) is 5.82 Å². The molecule has 7 heteroatoms. The number of rotatable bonds is 4. The summed E-state index contributed by atoms with van der Waals surface area (Å²) in [6.07, 6.45) is 15.0. The summed E-state index contributed by atoms with van der Waals surface area (Å²) in [5.74, 6) is 0.241. The molecule has 1 atom stereocenters. The highest BCUT2D eigenvalue weighted by atomic mass is 16.2. The van der Waals surface area contributed by atoms with Crippen molar-refractivity contribution in [2.45, 2.75) is 12.6 Å². The molecule has 2 aromatic rings. The van der Waals surface area contributed by atoms with Crippen LogP contribution in [0.5, 0.6) is 0 Å². The van der Waals surface area contributed by atoms with E-state index in [1.165, 1.54) is 6.33 Å². The van der Waals surface area contributed by atoms with Crippen molar-refractivity contribution in [1.82, 2.24) is 25.2 Å². The summed E-state index contributed by atoms with van der Waals surface area (Å²) < 4.78 is 0. The average molecular weight is 332 g/mol.